The molecule has 172 valence electrons. The van der Waals surface area contributed by atoms with Gasteiger partial charge in [-0.1, -0.05) is 42.5 Å². The van der Waals surface area contributed by atoms with E-state index >= 15 is 0 Å². The van der Waals surface area contributed by atoms with Gasteiger partial charge in [0.05, 0.1) is 18.2 Å². The lowest BCUT2D eigenvalue weighted by Gasteiger charge is -2.32. The summed E-state index contributed by atoms with van der Waals surface area (Å²) < 4.78 is 1.99. The summed E-state index contributed by atoms with van der Waals surface area (Å²) in [7, 11) is 0. The van der Waals surface area contributed by atoms with Crippen LogP contribution >= 0.6 is 0 Å². The van der Waals surface area contributed by atoms with Gasteiger partial charge in [-0.15, -0.1) is 0 Å². The summed E-state index contributed by atoms with van der Waals surface area (Å²) in [5, 5.41) is 10.5. The second-order valence-corrected chi connectivity index (χ2v) is 8.70. The van der Waals surface area contributed by atoms with Crippen LogP contribution in [-0.2, 0) is 17.9 Å². The standard InChI is InChI=1S/C26H31N5O2/c1-19-14-20(2)31(29-19)17-22-9-6-8-21(15-22)16-27-25(32)23-10-7-13-30(18-23)26(33)28-24-11-4-3-5-12-24/h3-6,8-9,11-12,14-15,23H,7,10,13,16-18H2,1-2H3,(H,27,32)(H,28,33). The van der Waals surface area contributed by atoms with Crippen molar-refractivity contribution in [1.29, 1.82) is 0 Å². The Morgan fingerprint density at radius 1 is 1.03 bits per heavy atom. The fraction of sp³-hybridized carbons (Fsp3) is 0.346. The van der Waals surface area contributed by atoms with Crippen LogP contribution in [0.25, 0.3) is 0 Å². The Bertz CT molecular complexity index is 1110. The molecule has 1 atom stereocenters. The molecule has 2 heterocycles. The van der Waals surface area contributed by atoms with E-state index in [9.17, 15) is 9.59 Å². The summed E-state index contributed by atoms with van der Waals surface area (Å²) >= 11 is 0. The molecule has 2 aromatic carbocycles. The molecule has 4 rings (SSSR count). The monoisotopic (exact) mass is 445 g/mol. The molecule has 1 fully saturated rings. The van der Waals surface area contributed by atoms with Gasteiger partial charge in [-0.2, -0.15) is 5.10 Å². The maximum Gasteiger partial charge on any atom is 0.321 e. The molecule has 1 unspecified atom stereocenters. The molecule has 7 heteroatoms. The minimum Gasteiger partial charge on any atom is -0.352 e. The fourth-order valence-corrected chi connectivity index (χ4v) is 4.28. The molecular formula is C26H31N5O2. The topological polar surface area (TPSA) is 79.3 Å². The Balaban J connectivity index is 1.30. The van der Waals surface area contributed by atoms with Gasteiger partial charge in [0.2, 0.25) is 5.91 Å². The average Bonchev–Trinajstić information content (AvgIpc) is 3.14. The van der Waals surface area contributed by atoms with E-state index in [2.05, 4.69) is 40.9 Å². The maximum atomic E-state index is 12.8. The van der Waals surface area contributed by atoms with Crippen LogP contribution in [0, 0.1) is 19.8 Å². The molecular weight excluding hydrogens is 414 g/mol. The Labute approximate surface area is 194 Å². The third-order valence-electron chi connectivity index (χ3n) is 6.00. The number of aromatic nitrogens is 2. The molecule has 3 amide bonds. The van der Waals surface area contributed by atoms with Crippen LogP contribution in [0.3, 0.4) is 0 Å². The lowest BCUT2D eigenvalue weighted by molar-refractivity contribution is -0.126. The second-order valence-electron chi connectivity index (χ2n) is 8.70. The van der Waals surface area contributed by atoms with Crippen molar-refractivity contribution in [3.63, 3.8) is 0 Å². The third-order valence-corrected chi connectivity index (χ3v) is 6.00. The lowest BCUT2D eigenvalue weighted by Crippen LogP contribution is -2.46. The Kier molecular flexibility index (Phi) is 7.07. The van der Waals surface area contributed by atoms with Gasteiger partial charge >= 0.3 is 6.03 Å². The number of urea groups is 1. The Hall–Kier alpha value is -3.61. The molecule has 1 aliphatic heterocycles. The van der Waals surface area contributed by atoms with Gasteiger partial charge in [0.15, 0.2) is 0 Å². The quantitative estimate of drug-likeness (QED) is 0.599. The average molecular weight is 446 g/mol. The molecule has 1 saturated heterocycles. The number of anilines is 1. The number of aryl methyl sites for hydroxylation is 2. The predicted molar refractivity (Wildman–Crippen MR) is 129 cm³/mol. The molecule has 7 nitrogen and oxygen atoms in total. The number of rotatable bonds is 6. The number of carbonyl (C=O) groups is 2. The molecule has 1 aliphatic rings. The van der Waals surface area contributed by atoms with E-state index < -0.39 is 0 Å². The van der Waals surface area contributed by atoms with Crippen LogP contribution < -0.4 is 10.6 Å². The number of piperidine rings is 1. The molecule has 2 N–H and O–H groups in total. The van der Waals surface area contributed by atoms with E-state index in [-0.39, 0.29) is 17.9 Å². The zero-order chi connectivity index (χ0) is 23.2. The van der Waals surface area contributed by atoms with Crippen LogP contribution in [0.15, 0.2) is 60.7 Å². The van der Waals surface area contributed by atoms with Gasteiger partial charge in [-0.3, -0.25) is 9.48 Å². The first-order chi connectivity index (χ1) is 16.0. The molecule has 0 spiro atoms. The van der Waals surface area contributed by atoms with E-state index in [4.69, 9.17) is 0 Å². The zero-order valence-corrected chi connectivity index (χ0v) is 19.3. The number of amides is 3. The van der Waals surface area contributed by atoms with Crippen molar-refractivity contribution in [2.24, 2.45) is 5.92 Å². The zero-order valence-electron chi connectivity index (χ0n) is 19.3. The number of benzene rings is 2. The number of nitrogens with one attached hydrogen (secondary N) is 2. The number of nitrogens with zero attached hydrogens (tertiary/aromatic N) is 3. The first-order valence-electron chi connectivity index (χ1n) is 11.5. The number of likely N-dealkylation sites (tertiary alicyclic amines) is 1. The molecule has 0 aliphatic carbocycles. The van der Waals surface area contributed by atoms with Gasteiger partial charge in [0, 0.05) is 31.0 Å². The summed E-state index contributed by atoms with van der Waals surface area (Å²) in [5.41, 5.74) is 5.10. The highest BCUT2D eigenvalue weighted by Crippen LogP contribution is 2.18. The fourth-order valence-electron chi connectivity index (χ4n) is 4.28. The largest absolute Gasteiger partial charge is 0.352 e. The molecule has 0 saturated carbocycles. The number of para-hydroxylation sites is 1. The Morgan fingerprint density at radius 2 is 1.82 bits per heavy atom. The van der Waals surface area contributed by atoms with Crippen molar-refractivity contribution in [1.82, 2.24) is 20.0 Å². The SMILES string of the molecule is Cc1cc(C)n(Cc2cccc(CNC(=O)C3CCCN(C(=O)Nc4ccccc4)C3)c2)n1. The van der Waals surface area contributed by atoms with Crippen molar-refractivity contribution in [2.75, 3.05) is 18.4 Å². The summed E-state index contributed by atoms with van der Waals surface area (Å²) in [6, 6.07) is 19.5. The number of hydrogen-bond donors (Lipinski definition) is 2. The van der Waals surface area contributed by atoms with Crippen LogP contribution in [-0.4, -0.2) is 39.7 Å². The van der Waals surface area contributed by atoms with Crippen molar-refractivity contribution in [2.45, 2.75) is 39.8 Å². The van der Waals surface area contributed by atoms with Crippen LogP contribution in [0.5, 0.6) is 0 Å². The van der Waals surface area contributed by atoms with Crippen molar-refractivity contribution in [3.05, 3.63) is 83.2 Å². The number of carbonyl (C=O) groups excluding carboxylic acids is 2. The van der Waals surface area contributed by atoms with Crippen LogP contribution in [0.2, 0.25) is 0 Å². The summed E-state index contributed by atoms with van der Waals surface area (Å²) in [5.74, 6) is -0.200. The van der Waals surface area contributed by atoms with E-state index in [0.717, 1.165) is 41.0 Å². The molecule has 33 heavy (non-hydrogen) atoms. The van der Waals surface area contributed by atoms with E-state index in [1.165, 1.54) is 0 Å². The van der Waals surface area contributed by atoms with Crippen molar-refractivity contribution >= 4 is 17.6 Å². The predicted octanol–water partition coefficient (Wildman–Crippen LogP) is 4.11. The molecule has 0 bridgehead atoms. The molecule has 3 aromatic rings. The minimum absolute atomic E-state index is 0.00356. The number of hydrogen-bond acceptors (Lipinski definition) is 3. The van der Waals surface area contributed by atoms with E-state index in [1.807, 2.05) is 54.1 Å². The highest BCUT2D eigenvalue weighted by Gasteiger charge is 2.28. The second kappa shape index (κ2) is 10.3. The van der Waals surface area contributed by atoms with Gasteiger partial charge in [0.1, 0.15) is 0 Å². The first kappa shape index (κ1) is 22.6. The highest BCUT2D eigenvalue weighted by molar-refractivity contribution is 5.90. The van der Waals surface area contributed by atoms with Gasteiger partial charge in [-0.05, 0) is 56.0 Å². The normalized spacial score (nSPS) is 15.8. The smallest absolute Gasteiger partial charge is 0.321 e. The van der Waals surface area contributed by atoms with Gasteiger partial charge in [-0.25, -0.2) is 4.79 Å². The third kappa shape index (κ3) is 6.00. The first-order valence-corrected chi connectivity index (χ1v) is 11.5. The molecule has 1 aromatic heterocycles. The Morgan fingerprint density at radius 3 is 2.58 bits per heavy atom. The van der Waals surface area contributed by atoms with Crippen molar-refractivity contribution < 1.29 is 9.59 Å². The lowest BCUT2D eigenvalue weighted by atomic mass is 9.97. The van der Waals surface area contributed by atoms with Gasteiger partial charge in [0.25, 0.3) is 0 Å². The summed E-state index contributed by atoms with van der Waals surface area (Å²) in [4.78, 5) is 27.2. The summed E-state index contributed by atoms with van der Waals surface area (Å²) in [6.45, 7) is 6.32. The molecule has 0 radical (unpaired) electrons. The van der Waals surface area contributed by atoms with E-state index in [1.54, 1.807) is 4.90 Å². The minimum atomic E-state index is -0.196. The van der Waals surface area contributed by atoms with Crippen molar-refractivity contribution in [3.8, 4) is 0 Å². The maximum absolute atomic E-state index is 12.8. The van der Waals surface area contributed by atoms with Crippen LogP contribution in [0.1, 0.15) is 35.4 Å². The van der Waals surface area contributed by atoms with Crippen LogP contribution in [0.4, 0.5) is 10.5 Å². The highest BCUT2D eigenvalue weighted by atomic mass is 16.2. The summed E-state index contributed by atoms with van der Waals surface area (Å²) in [6.07, 6.45) is 1.61. The van der Waals surface area contributed by atoms with E-state index in [0.29, 0.717) is 26.2 Å². The van der Waals surface area contributed by atoms with Gasteiger partial charge < -0.3 is 15.5 Å².